The topological polar surface area (TPSA) is 48.5 Å². The molecule has 0 spiro atoms. The van der Waals surface area contributed by atoms with Crippen LogP contribution in [0.15, 0.2) is 54.9 Å². The van der Waals surface area contributed by atoms with Crippen molar-refractivity contribution in [1.82, 2.24) is 15.2 Å². The van der Waals surface area contributed by atoms with Gasteiger partial charge in [-0.15, -0.1) is 0 Å². The van der Waals surface area contributed by atoms with Crippen LogP contribution in [0.3, 0.4) is 0 Å². The first-order valence-electron chi connectivity index (χ1n) is 7.94. The van der Waals surface area contributed by atoms with Gasteiger partial charge < -0.3 is 15.1 Å². The minimum Gasteiger partial charge on any atom is -0.359 e. The molecule has 5 nitrogen and oxygen atoms in total. The molecule has 1 saturated heterocycles. The summed E-state index contributed by atoms with van der Waals surface area (Å²) in [6, 6.07) is 13.5. The van der Waals surface area contributed by atoms with Crippen molar-refractivity contribution in [1.29, 1.82) is 0 Å². The van der Waals surface area contributed by atoms with Gasteiger partial charge in [0.05, 0.1) is 0 Å². The highest BCUT2D eigenvalue weighted by molar-refractivity contribution is 5.86. The van der Waals surface area contributed by atoms with Crippen LogP contribution in [0.5, 0.6) is 0 Å². The molecule has 1 amide bonds. The van der Waals surface area contributed by atoms with E-state index in [1.54, 1.807) is 12.4 Å². The molecule has 1 fully saturated rings. The number of hydrogen-bond acceptors (Lipinski definition) is 4. The van der Waals surface area contributed by atoms with Gasteiger partial charge in [-0.1, -0.05) is 24.3 Å². The lowest BCUT2D eigenvalue weighted by Gasteiger charge is -2.35. The lowest BCUT2D eigenvalue weighted by Crippen LogP contribution is -2.50. The molecule has 0 bridgehead atoms. The molecule has 0 saturated carbocycles. The smallest absolute Gasteiger partial charge is 0.250 e. The number of anilines is 1. The zero-order valence-corrected chi connectivity index (χ0v) is 13.4. The Morgan fingerprint density at radius 3 is 2.57 bits per heavy atom. The summed E-state index contributed by atoms with van der Waals surface area (Å²) < 4.78 is 0. The highest BCUT2D eigenvalue weighted by atomic mass is 16.2. The molecule has 0 radical (unpaired) electrons. The quantitative estimate of drug-likeness (QED) is 0.934. The van der Waals surface area contributed by atoms with Gasteiger partial charge >= 0.3 is 0 Å². The molecular formula is C18H22N4O. The number of para-hydroxylation sites is 1. The Bertz CT molecular complexity index is 626. The first-order chi connectivity index (χ1) is 11.3. The van der Waals surface area contributed by atoms with Crippen molar-refractivity contribution in [3.05, 3.63) is 60.4 Å². The predicted octanol–water partition coefficient (Wildman–Crippen LogP) is 1.69. The van der Waals surface area contributed by atoms with Gasteiger partial charge in [-0.2, -0.15) is 0 Å². The maximum absolute atomic E-state index is 13.1. The van der Waals surface area contributed by atoms with Crippen molar-refractivity contribution >= 4 is 11.6 Å². The molecule has 2 heterocycles. The molecule has 1 N–H and O–H groups in total. The molecule has 1 aliphatic rings. The molecule has 1 aromatic carbocycles. The Morgan fingerprint density at radius 1 is 1.17 bits per heavy atom. The first kappa shape index (κ1) is 15.5. The van der Waals surface area contributed by atoms with Crippen LogP contribution in [-0.2, 0) is 4.79 Å². The third-order valence-electron chi connectivity index (χ3n) is 4.21. The highest BCUT2D eigenvalue weighted by Gasteiger charge is 2.30. The van der Waals surface area contributed by atoms with E-state index in [0.29, 0.717) is 0 Å². The summed E-state index contributed by atoms with van der Waals surface area (Å²) in [6.07, 6.45) is 3.52. The van der Waals surface area contributed by atoms with Crippen molar-refractivity contribution in [3.8, 4) is 0 Å². The molecule has 5 heteroatoms. The Hall–Kier alpha value is -2.40. The SMILES string of the molecule is CN(c1ccccc1)C(C(=O)N1CCNCC1)c1cccnc1. The fraction of sp³-hybridized carbons (Fsp3) is 0.333. The van der Waals surface area contributed by atoms with E-state index in [0.717, 1.165) is 37.4 Å². The zero-order valence-electron chi connectivity index (χ0n) is 13.4. The molecule has 23 heavy (non-hydrogen) atoms. The van der Waals surface area contributed by atoms with Gasteiger partial charge in [-0.3, -0.25) is 9.78 Å². The number of pyridine rings is 1. The molecule has 1 atom stereocenters. The van der Waals surface area contributed by atoms with Crippen molar-refractivity contribution in [3.63, 3.8) is 0 Å². The molecule has 120 valence electrons. The second-order valence-corrected chi connectivity index (χ2v) is 5.71. The van der Waals surface area contributed by atoms with E-state index in [4.69, 9.17) is 0 Å². The Labute approximate surface area is 136 Å². The molecule has 1 aliphatic heterocycles. The first-order valence-corrected chi connectivity index (χ1v) is 7.94. The van der Waals surface area contributed by atoms with Crippen LogP contribution < -0.4 is 10.2 Å². The van der Waals surface area contributed by atoms with Gasteiger partial charge in [0.1, 0.15) is 6.04 Å². The fourth-order valence-electron chi connectivity index (χ4n) is 2.94. The summed E-state index contributed by atoms with van der Waals surface area (Å²) in [7, 11) is 1.97. The largest absolute Gasteiger partial charge is 0.359 e. The number of amides is 1. The number of nitrogens with zero attached hydrogens (tertiary/aromatic N) is 3. The van der Waals surface area contributed by atoms with Crippen molar-refractivity contribution in [2.75, 3.05) is 38.1 Å². The summed E-state index contributed by atoms with van der Waals surface area (Å²) >= 11 is 0. The summed E-state index contributed by atoms with van der Waals surface area (Å²) in [4.78, 5) is 21.3. The Kier molecular flexibility index (Phi) is 4.88. The summed E-state index contributed by atoms with van der Waals surface area (Å²) in [5.41, 5.74) is 1.94. The monoisotopic (exact) mass is 310 g/mol. The van der Waals surface area contributed by atoms with Crippen LogP contribution in [0, 0.1) is 0 Å². The molecular weight excluding hydrogens is 288 g/mol. The van der Waals surface area contributed by atoms with E-state index in [9.17, 15) is 4.79 Å². The fourth-order valence-corrected chi connectivity index (χ4v) is 2.94. The van der Waals surface area contributed by atoms with Crippen LogP contribution in [-0.4, -0.2) is 49.0 Å². The van der Waals surface area contributed by atoms with Gasteiger partial charge in [0.15, 0.2) is 0 Å². The van der Waals surface area contributed by atoms with Crippen LogP contribution in [0.4, 0.5) is 5.69 Å². The normalized spacial score (nSPS) is 16.0. The number of nitrogens with one attached hydrogen (secondary N) is 1. The number of piperazine rings is 1. The van der Waals surface area contributed by atoms with Crippen LogP contribution in [0.1, 0.15) is 11.6 Å². The summed E-state index contributed by atoms with van der Waals surface area (Å²) in [6.45, 7) is 3.19. The van der Waals surface area contributed by atoms with Crippen molar-refractivity contribution in [2.45, 2.75) is 6.04 Å². The lowest BCUT2D eigenvalue weighted by molar-refractivity contribution is -0.133. The Balaban J connectivity index is 1.92. The average Bonchev–Trinajstić information content (AvgIpc) is 2.64. The number of hydrogen-bond donors (Lipinski definition) is 1. The van der Waals surface area contributed by atoms with E-state index >= 15 is 0 Å². The Morgan fingerprint density at radius 2 is 1.91 bits per heavy atom. The maximum Gasteiger partial charge on any atom is 0.250 e. The van der Waals surface area contributed by atoms with Crippen LogP contribution in [0.2, 0.25) is 0 Å². The number of aromatic nitrogens is 1. The molecule has 1 aromatic heterocycles. The average molecular weight is 310 g/mol. The minimum absolute atomic E-state index is 0.130. The third-order valence-corrected chi connectivity index (χ3v) is 4.21. The second-order valence-electron chi connectivity index (χ2n) is 5.71. The van der Waals surface area contributed by atoms with E-state index in [1.165, 1.54) is 0 Å². The molecule has 3 rings (SSSR count). The number of rotatable bonds is 4. The standard InChI is InChI=1S/C18H22N4O/c1-21(16-7-3-2-4-8-16)17(15-6-5-9-20-14-15)18(23)22-12-10-19-11-13-22/h2-9,14,17,19H,10-13H2,1H3. The van der Waals surface area contributed by atoms with E-state index in [1.807, 2.05) is 59.3 Å². The number of carbonyl (C=O) groups excluding carboxylic acids is 1. The predicted molar refractivity (Wildman–Crippen MR) is 91.3 cm³/mol. The van der Waals surface area contributed by atoms with Crippen molar-refractivity contribution < 1.29 is 4.79 Å². The highest BCUT2D eigenvalue weighted by Crippen LogP contribution is 2.27. The number of carbonyl (C=O) groups is 1. The van der Waals surface area contributed by atoms with Crippen molar-refractivity contribution in [2.24, 2.45) is 0 Å². The van der Waals surface area contributed by atoms with Gasteiger partial charge in [-0.25, -0.2) is 0 Å². The van der Waals surface area contributed by atoms with E-state index < -0.39 is 0 Å². The van der Waals surface area contributed by atoms with Gasteiger partial charge in [0, 0.05) is 56.9 Å². The summed E-state index contributed by atoms with van der Waals surface area (Å²) in [5.74, 6) is 0.130. The second kappa shape index (κ2) is 7.24. The van der Waals surface area contributed by atoms with Gasteiger partial charge in [0.2, 0.25) is 5.91 Å². The number of benzene rings is 1. The summed E-state index contributed by atoms with van der Waals surface area (Å²) in [5, 5.41) is 3.29. The minimum atomic E-state index is -0.357. The maximum atomic E-state index is 13.1. The van der Waals surface area contributed by atoms with E-state index in [2.05, 4.69) is 10.3 Å². The van der Waals surface area contributed by atoms with Gasteiger partial charge in [0.25, 0.3) is 0 Å². The molecule has 2 aromatic rings. The third kappa shape index (κ3) is 3.51. The van der Waals surface area contributed by atoms with E-state index in [-0.39, 0.29) is 11.9 Å². The van der Waals surface area contributed by atoms with Crippen LogP contribution >= 0.6 is 0 Å². The number of likely N-dealkylation sites (N-methyl/N-ethyl adjacent to an activating group) is 1. The van der Waals surface area contributed by atoms with Gasteiger partial charge in [-0.05, 0) is 18.2 Å². The van der Waals surface area contributed by atoms with Crippen LogP contribution in [0.25, 0.3) is 0 Å². The molecule has 1 unspecified atom stereocenters. The zero-order chi connectivity index (χ0) is 16.1. The lowest BCUT2D eigenvalue weighted by atomic mass is 10.0. The molecule has 0 aliphatic carbocycles.